The number of H-pyrrole nitrogens is 1. The Morgan fingerprint density at radius 2 is 2.00 bits per heavy atom. The number of nitrogens with zero attached hydrogens (tertiary/aromatic N) is 4. The highest BCUT2D eigenvalue weighted by atomic mass is 32.2. The van der Waals surface area contributed by atoms with E-state index in [9.17, 15) is 0 Å². The Morgan fingerprint density at radius 3 is 2.73 bits per heavy atom. The first-order valence-electron chi connectivity index (χ1n) is 10.8. The maximum atomic E-state index is 7.81. The van der Waals surface area contributed by atoms with Crippen LogP contribution in [0, 0.1) is 12.3 Å². The number of aromatic amines is 1. The maximum Gasteiger partial charge on any atom is 0.188 e. The highest BCUT2D eigenvalue weighted by Gasteiger charge is 2.08. The number of hydrogen-bond donors (Lipinski definition) is 5. The second-order valence-corrected chi connectivity index (χ2v) is 9.36. The summed E-state index contributed by atoms with van der Waals surface area (Å²) in [7, 11) is 1.65. The highest BCUT2D eigenvalue weighted by molar-refractivity contribution is 7.98. The van der Waals surface area contributed by atoms with E-state index in [2.05, 4.69) is 25.3 Å². The van der Waals surface area contributed by atoms with Gasteiger partial charge in [-0.2, -0.15) is 23.5 Å². The van der Waals surface area contributed by atoms with Crippen molar-refractivity contribution in [3.8, 4) is 5.75 Å². The first kappa shape index (κ1) is 26.7. The average molecular weight is 494 g/mol. The zero-order chi connectivity index (χ0) is 23.9. The molecule has 2 aromatic rings. The van der Waals surface area contributed by atoms with Crippen LogP contribution in [0.5, 0.6) is 5.75 Å². The largest absolute Gasteiger partial charge is 0.495 e. The van der Waals surface area contributed by atoms with Crippen LogP contribution in [0.4, 0.5) is 0 Å². The summed E-state index contributed by atoms with van der Waals surface area (Å²) in [5.41, 5.74) is 14.8. The molecule has 0 atom stereocenters. The zero-order valence-electron chi connectivity index (χ0n) is 19.3. The van der Waals surface area contributed by atoms with Crippen LogP contribution in [0.25, 0.3) is 0 Å². The number of aryl methyl sites for hydroxylation is 1. The van der Waals surface area contributed by atoms with Crippen molar-refractivity contribution in [2.24, 2.45) is 16.5 Å². The number of nitrogens with two attached hydrogens (primary N) is 2. The lowest BCUT2D eigenvalue weighted by atomic mass is 10.3. The first-order chi connectivity index (χ1) is 16.0. The molecule has 0 saturated carbocycles. The van der Waals surface area contributed by atoms with Gasteiger partial charge in [0.25, 0.3) is 0 Å². The van der Waals surface area contributed by atoms with Gasteiger partial charge in [0, 0.05) is 61.1 Å². The number of aliphatic imine (C=N–C) groups is 1. The molecule has 0 aliphatic carbocycles. The summed E-state index contributed by atoms with van der Waals surface area (Å²) in [6.07, 6.45) is 4.26. The summed E-state index contributed by atoms with van der Waals surface area (Å²) < 4.78 is 5.33. The molecule has 2 heterocycles. The first-order valence-corrected chi connectivity index (χ1v) is 13.1. The predicted molar refractivity (Wildman–Crippen MR) is 139 cm³/mol. The van der Waals surface area contributed by atoms with Gasteiger partial charge in [0.1, 0.15) is 5.75 Å². The van der Waals surface area contributed by atoms with Crippen molar-refractivity contribution in [2.75, 3.05) is 44.8 Å². The van der Waals surface area contributed by atoms with E-state index in [-0.39, 0.29) is 5.96 Å². The molecule has 0 spiro atoms. The molecule has 7 N–H and O–H groups in total. The van der Waals surface area contributed by atoms with Crippen LogP contribution in [0.2, 0.25) is 0 Å². The summed E-state index contributed by atoms with van der Waals surface area (Å²) in [6, 6.07) is 3.77. The molecule has 0 saturated heterocycles. The third-order valence-electron chi connectivity index (χ3n) is 4.75. The normalized spacial score (nSPS) is 11.4. The minimum absolute atomic E-state index is 0.0743. The van der Waals surface area contributed by atoms with Gasteiger partial charge in [-0.1, -0.05) is 0 Å². The number of guanidine groups is 2. The molecule has 0 unspecified atom stereocenters. The van der Waals surface area contributed by atoms with Gasteiger partial charge < -0.3 is 31.4 Å². The summed E-state index contributed by atoms with van der Waals surface area (Å²) >= 11 is 3.54. The molecule has 0 amide bonds. The number of methoxy groups -OCH3 is 1. The van der Waals surface area contributed by atoms with Crippen LogP contribution in [0.3, 0.4) is 0 Å². The Morgan fingerprint density at radius 1 is 1.21 bits per heavy atom. The predicted octanol–water partition coefficient (Wildman–Crippen LogP) is 1.78. The average Bonchev–Trinajstić information content (AvgIpc) is 3.22. The van der Waals surface area contributed by atoms with Crippen LogP contribution < -0.4 is 21.5 Å². The number of aromatic nitrogens is 3. The topological polar surface area (TPSA) is 154 Å². The second kappa shape index (κ2) is 15.3. The van der Waals surface area contributed by atoms with E-state index in [0.29, 0.717) is 25.6 Å². The van der Waals surface area contributed by atoms with Gasteiger partial charge in [-0.3, -0.25) is 15.4 Å². The third-order valence-corrected chi connectivity index (χ3v) is 6.67. The van der Waals surface area contributed by atoms with Crippen LogP contribution in [0.15, 0.2) is 29.6 Å². The lowest BCUT2D eigenvalue weighted by Crippen LogP contribution is -2.39. The summed E-state index contributed by atoms with van der Waals surface area (Å²) in [5, 5.41) is 10.9. The lowest BCUT2D eigenvalue weighted by molar-refractivity contribution is 0.408. The van der Waals surface area contributed by atoms with E-state index in [1.807, 2.05) is 24.0 Å². The van der Waals surface area contributed by atoms with E-state index in [4.69, 9.17) is 21.6 Å². The van der Waals surface area contributed by atoms with Gasteiger partial charge >= 0.3 is 0 Å². The van der Waals surface area contributed by atoms with Crippen molar-refractivity contribution in [3.63, 3.8) is 0 Å². The second-order valence-electron chi connectivity index (χ2n) is 7.15. The molecule has 2 aromatic heterocycles. The number of imidazole rings is 1. The fourth-order valence-corrected chi connectivity index (χ4v) is 4.66. The number of ether oxygens (including phenoxy) is 1. The van der Waals surface area contributed by atoms with Crippen molar-refractivity contribution < 1.29 is 4.74 Å². The fourth-order valence-electron chi connectivity index (χ4n) is 2.88. The molecule has 0 aliphatic heterocycles. The molecule has 182 valence electrons. The van der Waals surface area contributed by atoms with Gasteiger partial charge in [0.05, 0.1) is 24.8 Å². The van der Waals surface area contributed by atoms with Crippen LogP contribution in [0.1, 0.15) is 23.5 Å². The van der Waals surface area contributed by atoms with E-state index in [1.54, 1.807) is 43.2 Å². The smallest absolute Gasteiger partial charge is 0.188 e. The number of rotatable bonds is 15. The quantitative estimate of drug-likeness (QED) is 0.142. The summed E-state index contributed by atoms with van der Waals surface area (Å²) in [4.78, 5) is 18.0. The Labute approximate surface area is 204 Å². The Hall–Kier alpha value is -2.60. The van der Waals surface area contributed by atoms with Crippen molar-refractivity contribution in [3.05, 3.63) is 41.7 Å². The van der Waals surface area contributed by atoms with E-state index >= 15 is 0 Å². The molecule has 0 bridgehead atoms. The third kappa shape index (κ3) is 10.3. The van der Waals surface area contributed by atoms with Crippen molar-refractivity contribution in [2.45, 2.75) is 24.9 Å². The zero-order valence-corrected chi connectivity index (χ0v) is 21.0. The van der Waals surface area contributed by atoms with Crippen LogP contribution >= 0.6 is 23.5 Å². The van der Waals surface area contributed by atoms with Gasteiger partial charge in [0.15, 0.2) is 11.9 Å². The van der Waals surface area contributed by atoms with E-state index in [1.165, 1.54) is 0 Å². The number of hydrogen-bond acceptors (Lipinski definition) is 7. The van der Waals surface area contributed by atoms with E-state index < -0.39 is 0 Å². The van der Waals surface area contributed by atoms with Crippen molar-refractivity contribution in [1.82, 2.24) is 25.2 Å². The SMILES string of the molecule is COc1cccnc1CSCCN(CCCN=C(N)NCCSCc1nc[nH]c1C)C(=N)N. The molecule has 2 rings (SSSR count). The number of pyridine rings is 1. The molecular formula is C21H35N9OS2. The summed E-state index contributed by atoms with van der Waals surface area (Å²) in [5.74, 6) is 4.70. The molecule has 0 aromatic carbocycles. The van der Waals surface area contributed by atoms with Crippen molar-refractivity contribution in [1.29, 1.82) is 5.41 Å². The molecular weight excluding hydrogens is 458 g/mol. The van der Waals surface area contributed by atoms with Gasteiger partial charge in [-0.15, -0.1) is 0 Å². The minimum Gasteiger partial charge on any atom is -0.495 e. The van der Waals surface area contributed by atoms with Crippen molar-refractivity contribution >= 4 is 35.4 Å². The lowest BCUT2D eigenvalue weighted by Gasteiger charge is -2.22. The fraction of sp³-hybridized carbons (Fsp3) is 0.524. The Balaban J connectivity index is 1.57. The van der Waals surface area contributed by atoms with Crippen LogP contribution in [-0.4, -0.2) is 76.6 Å². The van der Waals surface area contributed by atoms with Gasteiger partial charge in [-0.25, -0.2) is 4.98 Å². The Kier molecular flexibility index (Phi) is 12.3. The molecule has 0 aliphatic rings. The van der Waals surface area contributed by atoms with Gasteiger partial charge in [0.2, 0.25) is 0 Å². The maximum absolute atomic E-state index is 7.81. The van der Waals surface area contributed by atoms with E-state index in [0.717, 1.165) is 58.8 Å². The molecule has 10 nitrogen and oxygen atoms in total. The standard InChI is InChI=1S/C21H35N9OS2/c1-16-17(29-15-28-16)13-32-11-8-27-21(24)26-7-4-9-30(20(22)23)10-12-33-14-18-19(31-2)5-3-6-25-18/h3,5-6,15H,4,7-14H2,1-2H3,(H3,22,23)(H,28,29)(H3,24,26,27). The number of nitrogens with one attached hydrogen (secondary N) is 3. The van der Waals surface area contributed by atoms with Crippen LogP contribution in [-0.2, 0) is 11.5 Å². The number of thioether (sulfide) groups is 2. The molecule has 33 heavy (non-hydrogen) atoms. The minimum atomic E-state index is 0.0743. The molecule has 12 heteroatoms. The monoisotopic (exact) mass is 493 g/mol. The molecule has 0 fully saturated rings. The summed E-state index contributed by atoms with van der Waals surface area (Å²) in [6.45, 7) is 4.72. The Bertz CT molecular complexity index is 875. The molecule has 0 radical (unpaired) electrons. The highest BCUT2D eigenvalue weighted by Crippen LogP contribution is 2.20. The van der Waals surface area contributed by atoms with Gasteiger partial charge in [-0.05, 0) is 25.5 Å².